The number of carbonyl (C=O) groups is 1. The Labute approximate surface area is 105 Å². The van der Waals surface area contributed by atoms with Crippen molar-refractivity contribution in [2.45, 2.75) is 19.8 Å². The first kappa shape index (κ1) is 13.9. The van der Waals surface area contributed by atoms with Gasteiger partial charge in [-0.05, 0) is 31.9 Å². The molecule has 0 unspecified atom stereocenters. The Balaban J connectivity index is 2.83. The summed E-state index contributed by atoms with van der Waals surface area (Å²) >= 11 is 0. The van der Waals surface area contributed by atoms with Crippen LogP contribution in [0.4, 0.5) is 5.69 Å². The number of allylic oxidation sites excluding steroid dienone is 1. The second-order valence-corrected chi connectivity index (χ2v) is 3.77. The Bertz CT molecular complexity index is 468. The van der Waals surface area contributed by atoms with E-state index in [0.717, 1.165) is 12.8 Å². The molecule has 0 aliphatic rings. The number of unbranched alkanes of at least 4 members (excludes halogenated alkanes) is 1. The molecule has 0 heterocycles. The van der Waals surface area contributed by atoms with Crippen LogP contribution in [0, 0.1) is 10.1 Å². The van der Waals surface area contributed by atoms with Crippen LogP contribution in [0.3, 0.4) is 0 Å². The third-order valence-electron chi connectivity index (χ3n) is 2.37. The lowest BCUT2D eigenvalue weighted by molar-refractivity contribution is -0.385. The van der Waals surface area contributed by atoms with Crippen molar-refractivity contribution in [3.8, 4) is 5.75 Å². The van der Waals surface area contributed by atoms with Gasteiger partial charge in [-0.2, -0.15) is 0 Å². The highest BCUT2D eigenvalue weighted by atomic mass is 16.6. The van der Waals surface area contributed by atoms with E-state index in [1.54, 1.807) is 6.08 Å². The summed E-state index contributed by atoms with van der Waals surface area (Å²) in [4.78, 5) is 21.5. The molecule has 0 bridgehead atoms. The second kappa shape index (κ2) is 6.54. The minimum Gasteiger partial charge on any atom is -0.494 e. The Morgan fingerprint density at radius 1 is 1.56 bits per heavy atom. The molecule has 1 aromatic carbocycles. The Morgan fingerprint density at radius 2 is 2.28 bits per heavy atom. The van der Waals surface area contributed by atoms with Gasteiger partial charge in [0.05, 0.1) is 17.1 Å². The van der Waals surface area contributed by atoms with Crippen molar-refractivity contribution in [3.63, 3.8) is 0 Å². The second-order valence-electron chi connectivity index (χ2n) is 3.77. The summed E-state index contributed by atoms with van der Waals surface area (Å²) in [5.41, 5.74) is -0.123. The lowest BCUT2D eigenvalue weighted by Crippen LogP contribution is -2.02. The lowest BCUT2D eigenvalue weighted by atomic mass is 10.1. The number of benzene rings is 1. The van der Waals surface area contributed by atoms with E-state index in [2.05, 4.69) is 6.58 Å². The number of carbonyl (C=O) groups excluding carboxylic acids is 1. The quantitative estimate of drug-likeness (QED) is 0.245. The zero-order valence-corrected chi connectivity index (χ0v) is 10.2. The third-order valence-corrected chi connectivity index (χ3v) is 2.37. The molecular formula is C13H15NO4. The molecule has 0 atom stereocenters. The fraction of sp³-hybridized carbons (Fsp3) is 0.308. The van der Waals surface area contributed by atoms with Crippen molar-refractivity contribution < 1.29 is 14.5 Å². The first-order chi connectivity index (χ1) is 8.56. The summed E-state index contributed by atoms with van der Waals surface area (Å²) in [5.74, 6) is 0.119. The number of ether oxygens (including phenoxy) is 1. The minimum atomic E-state index is -0.571. The highest BCUT2D eigenvalue weighted by molar-refractivity contribution is 5.98. The summed E-state index contributed by atoms with van der Waals surface area (Å²) < 4.78 is 5.41. The van der Waals surface area contributed by atoms with Crippen molar-refractivity contribution >= 4 is 11.5 Å². The predicted molar refractivity (Wildman–Crippen MR) is 68.0 cm³/mol. The fourth-order valence-corrected chi connectivity index (χ4v) is 1.46. The van der Waals surface area contributed by atoms with Gasteiger partial charge < -0.3 is 4.74 Å². The first-order valence-corrected chi connectivity index (χ1v) is 5.59. The van der Waals surface area contributed by atoms with Gasteiger partial charge in [0.1, 0.15) is 5.75 Å². The molecule has 0 spiro atoms. The van der Waals surface area contributed by atoms with Crippen LogP contribution in [-0.4, -0.2) is 17.3 Å². The SMILES string of the molecule is C=CCCCOc1ccc([N+](=O)[O-])c(C(C)=O)c1. The molecule has 0 amide bonds. The van der Waals surface area contributed by atoms with Crippen LogP contribution in [0.5, 0.6) is 5.75 Å². The molecule has 1 rings (SSSR count). The average Bonchev–Trinajstić information content (AvgIpc) is 2.34. The van der Waals surface area contributed by atoms with Crippen molar-refractivity contribution in [2.75, 3.05) is 6.61 Å². The van der Waals surface area contributed by atoms with Crippen LogP contribution in [0.15, 0.2) is 30.9 Å². The number of nitro groups is 1. The van der Waals surface area contributed by atoms with Crippen LogP contribution in [0.25, 0.3) is 0 Å². The van der Waals surface area contributed by atoms with Gasteiger partial charge >= 0.3 is 0 Å². The Hall–Kier alpha value is -2.17. The van der Waals surface area contributed by atoms with E-state index >= 15 is 0 Å². The normalized spacial score (nSPS) is 9.83. The molecule has 0 aliphatic carbocycles. The summed E-state index contributed by atoms with van der Waals surface area (Å²) in [6.45, 7) is 5.38. The topological polar surface area (TPSA) is 69.4 Å². The number of nitrogens with zero attached hydrogens (tertiary/aromatic N) is 1. The number of Topliss-reactive ketones (excluding diaryl/α,β-unsaturated/α-hetero) is 1. The van der Waals surface area contributed by atoms with E-state index in [9.17, 15) is 14.9 Å². The Kier molecular flexibility index (Phi) is 5.05. The molecule has 0 saturated heterocycles. The molecule has 0 aromatic heterocycles. The van der Waals surface area contributed by atoms with E-state index in [0.29, 0.717) is 12.4 Å². The van der Waals surface area contributed by atoms with E-state index < -0.39 is 4.92 Å². The molecule has 18 heavy (non-hydrogen) atoms. The van der Waals surface area contributed by atoms with Crippen LogP contribution >= 0.6 is 0 Å². The maximum absolute atomic E-state index is 11.3. The molecule has 0 saturated carbocycles. The third kappa shape index (κ3) is 3.69. The van der Waals surface area contributed by atoms with Crippen molar-refractivity contribution in [1.82, 2.24) is 0 Å². The lowest BCUT2D eigenvalue weighted by Gasteiger charge is -2.06. The highest BCUT2D eigenvalue weighted by Gasteiger charge is 2.17. The van der Waals surface area contributed by atoms with Gasteiger partial charge in [0, 0.05) is 6.07 Å². The van der Waals surface area contributed by atoms with Gasteiger partial charge in [-0.3, -0.25) is 14.9 Å². The molecule has 0 N–H and O–H groups in total. The smallest absolute Gasteiger partial charge is 0.280 e. The van der Waals surface area contributed by atoms with Gasteiger partial charge in [0.25, 0.3) is 5.69 Å². The average molecular weight is 249 g/mol. The summed E-state index contributed by atoms with van der Waals surface area (Å²) in [5, 5.41) is 10.7. The number of hydrogen-bond acceptors (Lipinski definition) is 4. The molecule has 5 nitrogen and oxygen atoms in total. The summed E-state index contributed by atoms with van der Waals surface area (Å²) in [7, 11) is 0. The number of rotatable bonds is 7. The largest absolute Gasteiger partial charge is 0.494 e. The van der Waals surface area contributed by atoms with Crippen LogP contribution in [-0.2, 0) is 0 Å². The van der Waals surface area contributed by atoms with E-state index in [1.165, 1.54) is 25.1 Å². The van der Waals surface area contributed by atoms with Gasteiger partial charge in [-0.15, -0.1) is 6.58 Å². The number of ketones is 1. The standard InChI is InChI=1S/C13H15NO4/c1-3-4-5-8-18-11-6-7-13(14(16)17)12(9-11)10(2)15/h3,6-7,9H,1,4-5,8H2,2H3. The molecular weight excluding hydrogens is 234 g/mol. The van der Waals surface area contributed by atoms with Crippen LogP contribution in [0.1, 0.15) is 30.1 Å². The highest BCUT2D eigenvalue weighted by Crippen LogP contribution is 2.24. The van der Waals surface area contributed by atoms with E-state index in [-0.39, 0.29) is 17.0 Å². The zero-order chi connectivity index (χ0) is 13.5. The van der Waals surface area contributed by atoms with E-state index in [4.69, 9.17) is 4.74 Å². The van der Waals surface area contributed by atoms with Crippen molar-refractivity contribution in [2.24, 2.45) is 0 Å². The maximum atomic E-state index is 11.3. The van der Waals surface area contributed by atoms with Gasteiger partial charge in [-0.1, -0.05) is 6.08 Å². The molecule has 96 valence electrons. The summed E-state index contributed by atoms with van der Waals surface area (Å²) in [6, 6.07) is 4.20. The molecule has 5 heteroatoms. The minimum absolute atomic E-state index is 0.0706. The first-order valence-electron chi connectivity index (χ1n) is 5.59. The molecule has 1 aromatic rings. The fourth-order valence-electron chi connectivity index (χ4n) is 1.46. The molecule has 0 aliphatic heterocycles. The maximum Gasteiger partial charge on any atom is 0.280 e. The monoisotopic (exact) mass is 249 g/mol. The van der Waals surface area contributed by atoms with Crippen LogP contribution in [0.2, 0.25) is 0 Å². The number of nitro benzene ring substituents is 1. The van der Waals surface area contributed by atoms with Crippen LogP contribution < -0.4 is 4.74 Å². The Morgan fingerprint density at radius 3 is 2.83 bits per heavy atom. The van der Waals surface area contributed by atoms with Gasteiger partial charge in [-0.25, -0.2) is 0 Å². The van der Waals surface area contributed by atoms with Gasteiger partial charge in [0.2, 0.25) is 0 Å². The van der Waals surface area contributed by atoms with Crippen molar-refractivity contribution in [3.05, 3.63) is 46.5 Å². The molecule has 0 fully saturated rings. The molecule has 0 radical (unpaired) electrons. The zero-order valence-electron chi connectivity index (χ0n) is 10.2. The van der Waals surface area contributed by atoms with E-state index in [1.807, 2.05) is 0 Å². The van der Waals surface area contributed by atoms with Gasteiger partial charge in [0.15, 0.2) is 5.78 Å². The summed E-state index contributed by atoms with van der Waals surface area (Å²) in [6.07, 6.45) is 3.45. The van der Waals surface area contributed by atoms with Crippen molar-refractivity contribution in [1.29, 1.82) is 0 Å². The predicted octanol–water partition coefficient (Wildman–Crippen LogP) is 3.14. The number of hydrogen-bond donors (Lipinski definition) is 0.